The first-order valence-corrected chi connectivity index (χ1v) is 4.87. The first-order valence-electron chi connectivity index (χ1n) is 4.87. The summed E-state index contributed by atoms with van der Waals surface area (Å²) in [7, 11) is 0. The van der Waals surface area contributed by atoms with E-state index in [2.05, 4.69) is 20.6 Å². The van der Waals surface area contributed by atoms with E-state index in [1.54, 1.807) is 12.4 Å². The second-order valence-corrected chi connectivity index (χ2v) is 3.45. The molecule has 0 spiro atoms. The second-order valence-electron chi connectivity index (χ2n) is 3.45. The van der Waals surface area contributed by atoms with Crippen LogP contribution >= 0.6 is 0 Å². The van der Waals surface area contributed by atoms with E-state index in [0.29, 0.717) is 5.82 Å². The van der Waals surface area contributed by atoms with Gasteiger partial charge in [-0.1, -0.05) is 0 Å². The van der Waals surface area contributed by atoms with Crippen molar-refractivity contribution in [2.24, 2.45) is 0 Å². The van der Waals surface area contributed by atoms with Gasteiger partial charge in [-0.15, -0.1) is 0 Å². The van der Waals surface area contributed by atoms with Gasteiger partial charge < -0.3 is 15.6 Å². The molecule has 3 N–H and O–H groups in total. The number of carbonyl (C=O) groups excluding carboxylic acids is 1. The summed E-state index contributed by atoms with van der Waals surface area (Å²) < 4.78 is 0. The van der Waals surface area contributed by atoms with Gasteiger partial charge in [-0.2, -0.15) is 0 Å². The highest BCUT2D eigenvalue weighted by molar-refractivity contribution is 5.90. The van der Waals surface area contributed by atoms with E-state index in [1.807, 2.05) is 0 Å². The van der Waals surface area contributed by atoms with Crippen LogP contribution in [0.15, 0.2) is 12.4 Å². The monoisotopic (exact) mass is 194 g/mol. The zero-order valence-electron chi connectivity index (χ0n) is 7.92. The summed E-state index contributed by atoms with van der Waals surface area (Å²) in [6.07, 6.45) is 5.38. The van der Waals surface area contributed by atoms with Crippen LogP contribution in [0.4, 0.5) is 0 Å². The highest BCUT2D eigenvalue weighted by atomic mass is 16.2. The fraction of sp³-hybridized carbons (Fsp3) is 0.556. The molecule has 5 nitrogen and oxygen atoms in total. The number of nitrogens with zero attached hydrogens (tertiary/aromatic N) is 1. The molecular formula is C9H14N4O. The molecule has 0 aromatic carbocycles. The number of imidazole rings is 1. The third kappa shape index (κ3) is 2.11. The standard InChI is InChI=1S/C9H14N4O/c14-9(8-11-4-5-12-8)13-7-2-1-3-10-6-7/h4-5,7,10H,1-3,6H2,(H,11,12)(H,13,14). The molecule has 2 heterocycles. The van der Waals surface area contributed by atoms with Crippen LogP contribution in [0.3, 0.4) is 0 Å². The highest BCUT2D eigenvalue weighted by Crippen LogP contribution is 2.01. The normalized spacial score (nSPS) is 21.9. The molecular weight excluding hydrogens is 180 g/mol. The summed E-state index contributed by atoms with van der Waals surface area (Å²) in [4.78, 5) is 18.2. The summed E-state index contributed by atoms with van der Waals surface area (Å²) >= 11 is 0. The van der Waals surface area contributed by atoms with Crippen molar-refractivity contribution in [1.82, 2.24) is 20.6 Å². The van der Waals surface area contributed by atoms with E-state index < -0.39 is 0 Å². The SMILES string of the molecule is O=C(NC1CCCNC1)c1ncc[nH]1. The lowest BCUT2D eigenvalue weighted by molar-refractivity contribution is 0.0921. The largest absolute Gasteiger partial charge is 0.345 e. The lowest BCUT2D eigenvalue weighted by atomic mass is 10.1. The third-order valence-corrected chi connectivity index (χ3v) is 2.35. The highest BCUT2D eigenvalue weighted by Gasteiger charge is 2.16. The number of aromatic amines is 1. The Hall–Kier alpha value is -1.36. The Bertz CT molecular complexity index is 290. The van der Waals surface area contributed by atoms with Crippen LogP contribution in [-0.2, 0) is 0 Å². The maximum absolute atomic E-state index is 11.5. The number of rotatable bonds is 2. The number of H-pyrrole nitrogens is 1. The van der Waals surface area contributed by atoms with Gasteiger partial charge in [-0.3, -0.25) is 4.79 Å². The van der Waals surface area contributed by atoms with Gasteiger partial charge in [0.1, 0.15) is 0 Å². The number of hydrogen-bond acceptors (Lipinski definition) is 3. The summed E-state index contributed by atoms with van der Waals surface area (Å²) in [6.45, 7) is 1.90. The van der Waals surface area contributed by atoms with Crippen LogP contribution in [0.1, 0.15) is 23.5 Å². The first kappa shape index (κ1) is 9.21. The van der Waals surface area contributed by atoms with Gasteiger partial charge in [-0.05, 0) is 19.4 Å². The van der Waals surface area contributed by atoms with Crippen LogP contribution in [0.5, 0.6) is 0 Å². The van der Waals surface area contributed by atoms with Crippen LogP contribution in [0, 0.1) is 0 Å². The number of nitrogens with one attached hydrogen (secondary N) is 3. The molecule has 0 bridgehead atoms. The number of hydrogen-bond donors (Lipinski definition) is 3. The third-order valence-electron chi connectivity index (χ3n) is 2.35. The lowest BCUT2D eigenvalue weighted by Crippen LogP contribution is -2.45. The lowest BCUT2D eigenvalue weighted by Gasteiger charge is -2.23. The molecule has 1 fully saturated rings. The van der Waals surface area contributed by atoms with Crippen LogP contribution in [0.25, 0.3) is 0 Å². The van der Waals surface area contributed by atoms with Crippen molar-refractivity contribution in [2.45, 2.75) is 18.9 Å². The van der Waals surface area contributed by atoms with Crippen molar-refractivity contribution in [2.75, 3.05) is 13.1 Å². The molecule has 14 heavy (non-hydrogen) atoms. The molecule has 0 radical (unpaired) electrons. The van der Waals surface area contributed by atoms with Crippen molar-refractivity contribution in [3.05, 3.63) is 18.2 Å². The van der Waals surface area contributed by atoms with Crippen molar-refractivity contribution in [3.63, 3.8) is 0 Å². The quantitative estimate of drug-likeness (QED) is 0.615. The van der Waals surface area contributed by atoms with E-state index in [4.69, 9.17) is 0 Å². The topological polar surface area (TPSA) is 69.8 Å². The molecule has 1 saturated heterocycles. The van der Waals surface area contributed by atoms with Crippen molar-refractivity contribution < 1.29 is 4.79 Å². The van der Waals surface area contributed by atoms with E-state index in [-0.39, 0.29) is 11.9 Å². The molecule has 5 heteroatoms. The summed E-state index contributed by atoms with van der Waals surface area (Å²) in [6, 6.07) is 0.237. The Balaban J connectivity index is 1.87. The Kier molecular flexibility index (Phi) is 2.78. The molecule has 0 aliphatic carbocycles. The number of aromatic nitrogens is 2. The zero-order chi connectivity index (χ0) is 9.80. The number of piperidine rings is 1. The Morgan fingerprint density at radius 3 is 3.21 bits per heavy atom. The Morgan fingerprint density at radius 1 is 1.64 bits per heavy atom. The fourth-order valence-electron chi connectivity index (χ4n) is 1.62. The minimum Gasteiger partial charge on any atom is -0.345 e. The average Bonchev–Trinajstić information content (AvgIpc) is 2.72. The van der Waals surface area contributed by atoms with Crippen LogP contribution in [-0.4, -0.2) is 35.0 Å². The molecule has 0 saturated carbocycles. The van der Waals surface area contributed by atoms with Gasteiger partial charge in [0.05, 0.1) is 0 Å². The molecule has 1 aliphatic heterocycles. The van der Waals surface area contributed by atoms with Crippen LogP contribution in [0.2, 0.25) is 0 Å². The molecule has 1 amide bonds. The molecule has 1 aromatic rings. The fourth-order valence-corrected chi connectivity index (χ4v) is 1.62. The van der Waals surface area contributed by atoms with Gasteiger partial charge in [0, 0.05) is 25.0 Å². The number of amides is 1. The van der Waals surface area contributed by atoms with Gasteiger partial charge >= 0.3 is 0 Å². The van der Waals surface area contributed by atoms with Gasteiger partial charge in [0.2, 0.25) is 0 Å². The van der Waals surface area contributed by atoms with Gasteiger partial charge in [-0.25, -0.2) is 4.98 Å². The number of carbonyl (C=O) groups is 1. The Morgan fingerprint density at radius 2 is 2.57 bits per heavy atom. The van der Waals surface area contributed by atoms with Crippen molar-refractivity contribution >= 4 is 5.91 Å². The summed E-state index contributed by atoms with van der Waals surface area (Å²) in [5.74, 6) is 0.263. The first-order chi connectivity index (χ1) is 6.86. The maximum atomic E-state index is 11.5. The Labute approximate surface area is 82.3 Å². The molecule has 1 atom stereocenters. The smallest absolute Gasteiger partial charge is 0.287 e. The van der Waals surface area contributed by atoms with Crippen molar-refractivity contribution in [1.29, 1.82) is 0 Å². The van der Waals surface area contributed by atoms with Gasteiger partial charge in [0.15, 0.2) is 5.82 Å². The van der Waals surface area contributed by atoms with Gasteiger partial charge in [0.25, 0.3) is 5.91 Å². The van der Waals surface area contributed by atoms with Crippen molar-refractivity contribution in [3.8, 4) is 0 Å². The summed E-state index contributed by atoms with van der Waals surface area (Å²) in [5.41, 5.74) is 0. The molecule has 1 aliphatic rings. The molecule has 1 unspecified atom stereocenters. The minimum absolute atomic E-state index is 0.122. The minimum atomic E-state index is -0.122. The zero-order valence-corrected chi connectivity index (χ0v) is 7.92. The predicted octanol–water partition coefficient (Wildman–Crippen LogP) is -0.109. The molecule has 2 rings (SSSR count). The molecule has 1 aromatic heterocycles. The van der Waals surface area contributed by atoms with E-state index >= 15 is 0 Å². The van der Waals surface area contributed by atoms with E-state index in [0.717, 1.165) is 25.9 Å². The van der Waals surface area contributed by atoms with Crippen LogP contribution < -0.4 is 10.6 Å². The van der Waals surface area contributed by atoms with E-state index in [1.165, 1.54) is 0 Å². The average molecular weight is 194 g/mol. The van der Waals surface area contributed by atoms with E-state index in [9.17, 15) is 4.79 Å². The summed E-state index contributed by atoms with van der Waals surface area (Å²) in [5, 5.41) is 6.17. The second kappa shape index (κ2) is 4.23. The predicted molar refractivity (Wildman–Crippen MR) is 51.9 cm³/mol. The maximum Gasteiger partial charge on any atom is 0.287 e. The molecule has 76 valence electrons.